The van der Waals surface area contributed by atoms with Gasteiger partial charge in [0.05, 0.1) is 10.5 Å². The van der Waals surface area contributed by atoms with Gasteiger partial charge in [0.1, 0.15) is 6.61 Å². The highest BCUT2D eigenvalue weighted by Gasteiger charge is 2.10. The number of carbonyl (C=O) groups excluding carboxylic acids is 1. The highest BCUT2D eigenvalue weighted by molar-refractivity contribution is 7.96. The van der Waals surface area contributed by atoms with Gasteiger partial charge >= 0.3 is 5.97 Å². The van der Waals surface area contributed by atoms with Crippen molar-refractivity contribution < 1.29 is 17.9 Å². The Morgan fingerprint density at radius 1 is 1.05 bits per heavy atom. The Balaban J connectivity index is 2.02. The molecule has 0 aromatic heterocycles. The van der Waals surface area contributed by atoms with E-state index in [0.29, 0.717) is 11.1 Å². The summed E-state index contributed by atoms with van der Waals surface area (Å²) in [5.41, 5.74) is 1.14. The Bertz CT molecular complexity index is 769. The Labute approximate surface area is 123 Å². The van der Waals surface area contributed by atoms with Crippen LogP contribution in [0.5, 0.6) is 0 Å². The molecule has 0 fully saturated rings. The van der Waals surface area contributed by atoms with Crippen LogP contribution in [0, 0.1) is 11.7 Å². The van der Waals surface area contributed by atoms with Crippen LogP contribution in [-0.4, -0.2) is 14.4 Å². The van der Waals surface area contributed by atoms with Crippen LogP contribution in [0.3, 0.4) is 0 Å². The molecule has 0 radical (unpaired) electrons. The van der Waals surface area contributed by atoms with Crippen molar-refractivity contribution in [1.29, 1.82) is 0 Å². The van der Waals surface area contributed by atoms with E-state index in [1.54, 1.807) is 47.7 Å². The largest absolute Gasteiger partial charge is 0.457 e. The predicted molar refractivity (Wildman–Crippen MR) is 78.0 cm³/mol. The van der Waals surface area contributed by atoms with Crippen LogP contribution in [0.4, 0.5) is 0 Å². The van der Waals surface area contributed by atoms with E-state index in [-0.39, 0.29) is 11.5 Å². The molecule has 0 aliphatic carbocycles. The molecule has 2 aromatic rings. The average molecular weight is 300 g/mol. The Kier molecular flexibility index (Phi) is 4.41. The zero-order valence-corrected chi connectivity index (χ0v) is 11.8. The molecule has 0 amide bonds. The standard InChI is InChI=1S/C16H12O4S/c1-2-21(18,19)15-10-8-13(9-11-15)12-20-16(17)14-6-4-3-5-7-14/h1,3-11H,12H2. The van der Waals surface area contributed by atoms with Gasteiger partial charge in [-0.2, -0.15) is 0 Å². The molecule has 5 heteroatoms. The smallest absolute Gasteiger partial charge is 0.338 e. The van der Waals surface area contributed by atoms with Crippen molar-refractivity contribution in [3.05, 3.63) is 65.7 Å². The first kappa shape index (κ1) is 14.8. The third kappa shape index (κ3) is 3.71. The van der Waals surface area contributed by atoms with Gasteiger partial charge in [0.2, 0.25) is 9.84 Å². The van der Waals surface area contributed by atoms with Crippen molar-refractivity contribution in [2.75, 3.05) is 0 Å². The second-order valence-corrected chi connectivity index (χ2v) is 5.92. The van der Waals surface area contributed by atoms with Gasteiger partial charge < -0.3 is 4.74 Å². The molecule has 0 heterocycles. The lowest BCUT2D eigenvalue weighted by molar-refractivity contribution is 0.0472. The van der Waals surface area contributed by atoms with E-state index in [4.69, 9.17) is 11.2 Å². The van der Waals surface area contributed by atoms with E-state index in [1.807, 2.05) is 0 Å². The fourth-order valence-electron chi connectivity index (χ4n) is 1.64. The number of rotatable bonds is 4. The summed E-state index contributed by atoms with van der Waals surface area (Å²) in [4.78, 5) is 11.8. The molecule has 0 atom stereocenters. The van der Waals surface area contributed by atoms with Crippen LogP contribution in [0.1, 0.15) is 15.9 Å². The fraction of sp³-hybridized carbons (Fsp3) is 0.0625. The van der Waals surface area contributed by atoms with Gasteiger partial charge in [-0.15, -0.1) is 6.42 Å². The molecule has 0 N–H and O–H groups in total. The number of carbonyl (C=O) groups is 1. The molecule has 2 aromatic carbocycles. The summed E-state index contributed by atoms with van der Waals surface area (Å²) >= 11 is 0. The van der Waals surface area contributed by atoms with Crippen LogP contribution >= 0.6 is 0 Å². The van der Waals surface area contributed by atoms with Gasteiger partial charge in [-0.25, -0.2) is 13.2 Å². The Morgan fingerprint density at radius 2 is 1.67 bits per heavy atom. The summed E-state index contributed by atoms with van der Waals surface area (Å²) in [6.07, 6.45) is 4.93. The minimum absolute atomic E-state index is 0.0446. The van der Waals surface area contributed by atoms with Crippen LogP contribution in [0.15, 0.2) is 59.5 Å². The SMILES string of the molecule is C#CS(=O)(=O)c1ccc(COC(=O)c2ccccc2)cc1. The highest BCUT2D eigenvalue weighted by Crippen LogP contribution is 2.13. The lowest BCUT2D eigenvalue weighted by atomic mass is 10.2. The number of esters is 1. The van der Waals surface area contributed by atoms with Crippen molar-refractivity contribution in [2.45, 2.75) is 11.5 Å². The third-order valence-corrected chi connectivity index (χ3v) is 3.97. The molecular weight excluding hydrogens is 288 g/mol. The molecule has 0 saturated carbocycles. The van der Waals surface area contributed by atoms with E-state index in [9.17, 15) is 13.2 Å². The fourth-order valence-corrected chi connectivity index (χ4v) is 2.27. The van der Waals surface area contributed by atoms with E-state index >= 15 is 0 Å². The number of hydrogen-bond donors (Lipinski definition) is 0. The second kappa shape index (κ2) is 6.25. The van der Waals surface area contributed by atoms with Gasteiger partial charge in [-0.05, 0) is 29.8 Å². The van der Waals surface area contributed by atoms with E-state index < -0.39 is 15.8 Å². The maximum atomic E-state index is 11.7. The van der Waals surface area contributed by atoms with Gasteiger partial charge in [0.15, 0.2) is 0 Å². The molecule has 0 spiro atoms. The first-order chi connectivity index (χ1) is 10.0. The summed E-state index contributed by atoms with van der Waals surface area (Å²) in [5, 5.41) is 1.74. The minimum Gasteiger partial charge on any atom is -0.457 e. The minimum atomic E-state index is -3.67. The van der Waals surface area contributed by atoms with E-state index in [0.717, 1.165) is 0 Å². The molecule has 4 nitrogen and oxygen atoms in total. The topological polar surface area (TPSA) is 60.4 Å². The number of terminal acetylenes is 1. The average Bonchev–Trinajstić information content (AvgIpc) is 2.54. The first-order valence-corrected chi connectivity index (χ1v) is 7.55. The highest BCUT2D eigenvalue weighted by atomic mass is 32.2. The van der Waals surface area contributed by atoms with Crippen LogP contribution < -0.4 is 0 Å². The molecule has 21 heavy (non-hydrogen) atoms. The third-order valence-electron chi connectivity index (χ3n) is 2.77. The van der Waals surface area contributed by atoms with Crippen molar-refractivity contribution in [2.24, 2.45) is 0 Å². The summed E-state index contributed by atoms with van der Waals surface area (Å²) in [5.74, 6) is -0.434. The summed E-state index contributed by atoms with van der Waals surface area (Å²) < 4.78 is 28.0. The van der Waals surface area contributed by atoms with Crippen LogP contribution in [0.2, 0.25) is 0 Å². The Morgan fingerprint density at radius 3 is 2.24 bits per heavy atom. The maximum Gasteiger partial charge on any atom is 0.338 e. The molecule has 0 bridgehead atoms. The molecular formula is C16H12O4S. The number of ether oxygens (including phenoxy) is 1. The summed E-state index contributed by atoms with van der Waals surface area (Å²) in [6.45, 7) is 0.0596. The van der Waals surface area contributed by atoms with Gasteiger partial charge in [0, 0.05) is 5.25 Å². The summed E-state index contributed by atoms with van der Waals surface area (Å²) in [7, 11) is -3.67. The maximum absolute atomic E-state index is 11.7. The normalized spacial score (nSPS) is 10.6. The molecule has 2 rings (SSSR count). The van der Waals surface area contributed by atoms with Crippen molar-refractivity contribution in [3.8, 4) is 11.7 Å². The lowest BCUT2D eigenvalue weighted by Gasteiger charge is -2.05. The lowest BCUT2D eigenvalue weighted by Crippen LogP contribution is -2.05. The van der Waals surface area contributed by atoms with Crippen molar-refractivity contribution in [1.82, 2.24) is 0 Å². The molecule has 0 aliphatic heterocycles. The van der Waals surface area contributed by atoms with E-state index in [2.05, 4.69) is 0 Å². The zero-order valence-electron chi connectivity index (χ0n) is 11.0. The predicted octanol–water partition coefficient (Wildman–Crippen LogP) is 2.41. The number of benzene rings is 2. The molecule has 106 valence electrons. The number of sulfone groups is 1. The van der Waals surface area contributed by atoms with Gasteiger partial charge in [-0.1, -0.05) is 30.3 Å². The quantitative estimate of drug-likeness (QED) is 0.494. The molecule has 0 unspecified atom stereocenters. The van der Waals surface area contributed by atoms with Gasteiger partial charge in [0.25, 0.3) is 0 Å². The van der Waals surface area contributed by atoms with E-state index in [1.165, 1.54) is 12.1 Å². The summed E-state index contributed by atoms with van der Waals surface area (Å²) in [6, 6.07) is 14.5. The van der Waals surface area contributed by atoms with Crippen LogP contribution in [0.25, 0.3) is 0 Å². The zero-order chi connectivity index (χ0) is 15.3. The first-order valence-electron chi connectivity index (χ1n) is 6.06. The Hall–Kier alpha value is -2.58. The molecule has 0 saturated heterocycles. The van der Waals surface area contributed by atoms with Crippen molar-refractivity contribution >= 4 is 15.8 Å². The van der Waals surface area contributed by atoms with Crippen molar-refractivity contribution in [3.63, 3.8) is 0 Å². The monoisotopic (exact) mass is 300 g/mol. The molecule has 0 aliphatic rings. The number of hydrogen-bond acceptors (Lipinski definition) is 4. The van der Waals surface area contributed by atoms with Crippen LogP contribution in [-0.2, 0) is 21.2 Å². The second-order valence-electron chi connectivity index (χ2n) is 4.21. The van der Waals surface area contributed by atoms with Gasteiger partial charge in [-0.3, -0.25) is 0 Å².